The van der Waals surface area contributed by atoms with Crippen LogP contribution in [0.15, 0.2) is 6.20 Å². The number of nitrogens with two attached hydrogens (primary N) is 1. The first-order valence-electron chi connectivity index (χ1n) is 6.93. The summed E-state index contributed by atoms with van der Waals surface area (Å²) in [6, 6.07) is 0. The van der Waals surface area contributed by atoms with Gasteiger partial charge in [0, 0.05) is 39.3 Å². The van der Waals surface area contributed by atoms with Gasteiger partial charge in [0.25, 0.3) is 5.91 Å². The summed E-state index contributed by atoms with van der Waals surface area (Å²) in [6.07, 6.45) is 5.23. The maximum atomic E-state index is 11.9. The normalized spacial score (nSPS) is 15.2. The van der Waals surface area contributed by atoms with Crippen LogP contribution in [-0.2, 0) is 11.8 Å². The van der Waals surface area contributed by atoms with Crippen molar-refractivity contribution in [2.45, 2.75) is 25.7 Å². The zero-order chi connectivity index (χ0) is 14.5. The topological polar surface area (TPSA) is 93.2 Å². The third kappa shape index (κ3) is 3.49. The molecule has 3 N–H and O–H groups in total. The third-order valence-electron chi connectivity index (χ3n) is 3.41. The number of nitrogen functional groups attached to an aromatic ring is 1. The second-order valence-corrected chi connectivity index (χ2v) is 5.05. The molecule has 1 aliphatic heterocycles. The number of carbonyl (C=O) groups is 2. The number of rotatable bonds is 4. The van der Waals surface area contributed by atoms with Crippen LogP contribution in [0.3, 0.4) is 0 Å². The molecular formula is C13H21N5O2. The molecule has 1 fully saturated rings. The van der Waals surface area contributed by atoms with Crippen LogP contribution in [0.4, 0.5) is 5.69 Å². The Hall–Kier alpha value is -2.05. The SMILES string of the molecule is Cn1cc(N)c(C(=O)NCCC(=O)N2CCCCC2)n1. The Morgan fingerprint density at radius 1 is 1.35 bits per heavy atom. The molecule has 7 heteroatoms. The second-order valence-electron chi connectivity index (χ2n) is 5.05. The molecule has 2 heterocycles. The lowest BCUT2D eigenvalue weighted by Gasteiger charge is -2.26. The monoisotopic (exact) mass is 279 g/mol. The van der Waals surface area contributed by atoms with Crippen LogP contribution >= 0.6 is 0 Å². The Kier molecular flexibility index (Phi) is 4.60. The molecule has 2 rings (SSSR count). The molecule has 0 unspecified atom stereocenters. The van der Waals surface area contributed by atoms with Crippen molar-refractivity contribution in [1.29, 1.82) is 0 Å². The molecule has 20 heavy (non-hydrogen) atoms. The second kappa shape index (κ2) is 6.40. The molecule has 1 aromatic rings. The van der Waals surface area contributed by atoms with Crippen molar-refractivity contribution < 1.29 is 9.59 Å². The van der Waals surface area contributed by atoms with E-state index in [2.05, 4.69) is 10.4 Å². The first kappa shape index (κ1) is 14.4. The highest BCUT2D eigenvalue weighted by Gasteiger charge is 2.17. The maximum Gasteiger partial charge on any atom is 0.273 e. The van der Waals surface area contributed by atoms with Gasteiger partial charge in [-0.05, 0) is 19.3 Å². The molecule has 110 valence electrons. The molecule has 0 aromatic carbocycles. The predicted molar refractivity (Wildman–Crippen MR) is 75.0 cm³/mol. The van der Waals surface area contributed by atoms with Crippen LogP contribution in [0.25, 0.3) is 0 Å². The van der Waals surface area contributed by atoms with E-state index < -0.39 is 0 Å². The Labute approximate surface area is 118 Å². The predicted octanol–water partition coefficient (Wildman–Crippen LogP) is 0.135. The van der Waals surface area contributed by atoms with Crippen LogP contribution in [0, 0.1) is 0 Å². The summed E-state index contributed by atoms with van der Waals surface area (Å²) in [5.41, 5.74) is 6.22. The van der Waals surface area contributed by atoms with Crippen molar-refractivity contribution in [1.82, 2.24) is 20.0 Å². The summed E-state index contributed by atoms with van der Waals surface area (Å²) in [5.74, 6) is -0.242. The van der Waals surface area contributed by atoms with E-state index in [1.54, 1.807) is 13.2 Å². The lowest BCUT2D eigenvalue weighted by Crippen LogP contribution is -2.37. The molecule has 0 spiro atoms. The van der Waals surface area contributed by atoms with Gasteiger partial charge >= 0.3 is 0 Å². The van der Waals surface area contributed by atoms with Gasteiger partial charge in [-0.25, -0.2) is 0 Å². The van der Waals surface area contributed by atoms with Crippen LogP contribution in [0.2, 0.25) is 0 Å². The van der Waals surface area contributed by atoms with Gasteiger partial charge in [-0.2, -0.15) is 5.10 Å². The smallest absolute Gasteiger partial charge is 0.273 e. The first-order chi connectivity index (χ1) is 9.58. The Bertz CT molecular complexity index is 491. The molecular weight excluding hydrogens is 258 g/mol. The van der Waals surface area contributed by atoms with Crippen molar-refractivity contribution >= 4 is 17.5 Å². The summed E-state index contributed by atoms with van der Waals surface area (Å²) in [4.78, 5) is 25.6. The minimum atomic E-state index is -0.338. The third-order valence-corrected chi connectivity index (χ3v) is 3.41. The molecule has 0 bridgehead atoms. The number of nitrogens with zero attached hydrogens (tertiary/aromatic N) is 3. The number of carbonyl (C=O) groups excluding carboxylic acids is 2. The highest BCUT2D eigenvalue weighted by atomic mass is 16.2. The van der Waals surface area contributed by atoms with Crippen molar-refractivity contribution in [2.24, 2.45) is 7.05 Å². The largest absolute Gasteiger partial charge is 0.396 e. The Morgan fingerprint density at radius 2 is 2.05 bits per heavy atom. The van der Waals surface area contributed by atoms with E-state index in [-0.39, 0.29) is 17.5 Å². The Morgan fingerprint density at radius 3 is 2.65 bits per heavy atom. The minimum absolute atomic E-state index is 0.0963. The number of amides is 2. The van der Waals surface area contributed by atoms with Crippen molar-refractivity contribution in [3.63, 3.8) is 0 Å². The number of aryl methyl sites for hydroxylation is 1. The molecule has 1 aliphatic rings. The van der Waals surface area contributed by atoms with Gasteiger partial charge in [0.1, 0.15) is 0 Å². The van der Waals surface area contributed by atoms with E-state index >= 15 is 0 Å². The van der Waals surface area contributed by atoms with E-state index in [0.29, 0.717) is 18.7 Å². The van der Waals surface area contributed by atoms with Gasteiger partial charge in [-0.3, -0.25) is 14.3 Å². The van der Waals surface area contributed by atoms with Crippen LogP contribution < -0.4 is 11.1 Å². The first-order valence-corrected chi connectivity index (χ1v) is 6.93. The fourth-order valence-corrected chi connectivity index (χ4v) is 2.35. The maximum absolute atomic E-state index is 11.9. The number of hydrogen-bond acceptors (Lipinski definition) is 4. The summed E-state index contributed by atoms with van der Waals surface area (Å²) in [6.45, 7) is 1.98. The van der Waals surface area contributed by atoms with E-state index in [9.17, 15) is 9.59 Å². The summed E-state index contributed by atoms with van der Waals surface area (Å²) in [7, 11) is 1.70. The van der Waals surface area contributed by atoms with Crippen LogP contribution in [0.1, 0.15) is 36.2 Å². The molecule has 2 amide bonds. The molecule has 0 saturated carbocycles. The molecule has 0 radical (unpaired) electrons. The van der Waals surface area contributed by atoms with Crippen LogP contribution in [-0.4, -0.2) is 46.1 Å². The van der Waals surface area contributed by atoms with Gasteiger partial charge in [-0.1, -0.05) is 0 Å². The standard InChI is InChI=1S/C13H21N5O2/c1-17-9-10(14)12(16-17)13(20)15-6-5-11(19)18-7-3-2-4-8-18/h9H,2-8,14H2,1H3,(H,15,20). The summed E-state index contributed by atoms with van der Waals surface area (Å²) >= 11 is 0. The van der Waals surface area contributed by atoms with Gasteiger partial charge < -0.3 is 16.0 Å². The number of hydrogen-bond donors (Lipinski definition) is 2. The molecule has 1 aromatic heterocycles. The Balaban J connectivity index is 1.76. The quantitative estimate of drug-likeness (QED) is 0.819. The number of likely N-dealkylation sites (tertiary alicyclic amines) is 1. The summed E-state index contributed by atoms with van der Waals surface area (Å²) in [5, 5.41) is 6.66. The lowest BCUT2D eigenvalue weighted by molar-refractivity contribution is -0.131. The number of piperidine rings is 1. The molecule has 7 nitrogen and oxygen atoms in total. The zero-order valence-electron chi connectivity index (χ0n) is 11.8. The summed E-state index contributed by atoms with van der Waals surface area (Å²) < 4.78 is 1.49. The van der Waals surface area contributed by atoms with Gasteiger partial charge in [0.05, 0.1) is 5.69 Å². The zero-order valence-corrected chi connectivity index (χ0v) is 11.8. The van der Waals surface area contributed by atoms with Crippen molar-refractivity contribution in [3.05, 3.63) is 11.9 Å². The van der Waals surface area contributed by atoms with E-state index in [4.69, 9.17) is 5.73 Å². The fraction of sp³-hybridized carbons (Fsp3) is 0.615. The van der Waals surface area contributed by atoms with Gasteiger partial charge in [-0.15, -0.1) is 0 Å². The van der Waals surface area contributed by atoms with E-state index in [1.807, 2.05) is 4.90 Å². The number of nitrogens with one attached hydrogen (secondary N) is 1. The molecule has 0 aliphatic carbocycles. The number of anilines is 1. The lowest BCUT2D eigenvalue weighted by atomic mass is 10.1. The highest BCUT2D eigenvalue weighted by Crippen LogP contribution is 2.10. The molecule has 1 saturated heterocycles. The average molecular weight is 279 g/mol. The van der Waals surface area contributed by atoms with Crippen molar-refractivity contribution in [3.8, 4) is 0 Å². The minimum Gasteiger partial charge on any atom is -0.396 e. The average Bonchev–Trinajstić information content (AvgIpc) is 2.78. The highest BCUT2D eigenvalue weighted by molar-refractivity contribution is 5.97. The number of aromatic nitrogens is 2. The fourth-order valence-electron chi connectivity index (χ4n) is 2.35. The van der Waals surface area contributed by atoms with Gasteiger partial charge in [0.2, 0.25) is 5.91 Å². The van der Waals surface area contributed by atoms with Crippen LogP contribution in [0.5, 0.6) is 0 Å². The van der Waals surface area contributed by atoms with E-state index in [1.165, 1.54) is 11.1 Å². The van der Waals surface area contributed by atoms with Crippen molar-refractivity contribution in [2.75, 3.05) is 25.4 Å². The van der Waals surface area contributed by atoms with Gasteiger partial charge in [0.15, 0.2) is 5.69 Å². The van der Waals surface area contributed by atoms with E-state index in [0.717, 1.165) is 25.9 Å². The molecule has 0 atom stereocenters.